The van der Waals surface area contributed by atoms with Gasteiger partial charge in [0.1, 0.15) is 0 Å². The molecule has 2 aromatic rings. The van der Waals surface area contributed by atoms with E-state index in [2.05, 4.69) is 9.71 Å². The Labute approximate surface area is 125 Å². The van der Waals surface area contributed by atoms with Crippen LogP contribution in [0.4, 0.5) is 5.69 Å². The Hall–Kier alpha value is -1.92. The second-order valence-corrected chi connectivity index (χ2v) is 6.74. The summed E-state index contributed by atoms with van der Waals surface area (Å²) in [7, 11) is -3.25. The molecule has 0 saturated carbocycles. The third-order valence-electron chi connectivity index (χ3n) is 3.12. The second-order valence-electron chi connectivity index (χ2n) is 4.81. The molecule has 0 aliphatic heterocycles. The highest BCUT2D eigenvalue weighted by Gasteiger charge is 2.09. The van der Waals surface area contributed by atoms with Crippen molar-refractivity contribution < 1.29 is 8.42 Å². The molecule has 0 amide bonds. The Morgan fingerprint density at radius 1 is 0.952 bits per heavy atom. The number of sulfonamides is 1. The van der Waals surface area contributed by atoms with Crippen molar-refractivity contribution >= 4 is 15.7 Å². The van der Waals surface area contributed by atoms with E-state index in [4.69, 9.17) is 5.73 Å². The predicted molar refractivity (Wildman–Crippen MR) is 84.3 cm³/mol. The maximum atomic E-state index is 11.9. The summed E-state index contributed by atoms with van der Waals surface area (Å²) in [5.41, 5.74) is 8.33. The number of aromatic nitrogens is 1. The number of nitrogens with zero attached hydrogens (tertiary/aromatic N) is 1. The zero-order chi connectivity index (χ0) is 15.1. The molecule has 0 atom stereocenters. The van der Waals surface area contributed by atoms with Crippen LogP contribution in [0.15, 0.2) is 48.8 Å². The molecule has 1 heterocycles. The largest absolute Gasteiger partial charge is 0.399 e. The van der Waals surface area contributed by atoms with Gasteiger partial charge in [-0.3, -0.25) is 4.98 Å². The van der Waals surface area contributed by atoms with Gasteiger partial charge in [0, 0.05) is 24.6 Å². The topological polar surface area (TPSA) is 85.1 Å². The number of nitrogens with one attached hydrogen (secondary N) is 1. The molecule has 0 radical (unpaired) electrons. The van der Waals surface area contributed by atoms with Gasteiger partial charge in [0.05, 0.1) is 5.75 Å². The molecule has 6 heteroatoms. The fourth-order valence-corrected chi connectivity index (χ4v) is 2.97. The molecule has 5 nitrogen and oxygen atoms in total. The van der Waals surface area contributed by atoms with E-state index in [1.54, 1.807) is 12.4 Å². The number of rotatable bonds is 7. The standard InChI is InChI=1S/C15H19N3O2S/c16-15-3-1-13(2-4-15)7-11-18-21(19,20)12-8-14-5-9-17-10-6-14/h1-6,9-10,18H,7-8,11-12,16H2. The van der Waals surface area contributed by atoms with E-state index in [0.29, 0.717) is 25.1 Å². The summed E-state index contributed by atoms with van der Waals surface area (Å²) >= 11 is 0. The van der Waals surface area contributed by atoms with Crippen molar-refractivity contribution in [2.45, 2.75) is 12.8 Å². The van der Waals surface area contributed by atoms with Crippen LogP contribution in [0.2, 0.25) is 0 Å². The van der Waals surface area contributed by atoms with Crippen molar-refractivity contribution in [2.24, 2.45) is 0 Å². The summed E-state index contributed by atoms with van der Waals surface area (Å²) in [6, 6.07) is 11.1. The molecule has 0 bridgehead atoms. The third-order valence-corrected chi connectivity index (χ3v) is 4.51. The third kappa shape index (κ3) is 5.53. The first-order chi connectivity index (χ1) is 10.1. The minimum Gasteiger partial charge on any atom is -0.399 e. The summed E-state index contributed by atoms with van der Waals surface area (Å²) in [6.45, 7) is 0.391. The number of benzene rings is 1. The van der Waals surface area contributed by atoms with Crippen LogP contribution in [0.3, 0.4) is 0 Å². The van der Waals surface area contributed by atoms with Crippen LogP contribution in [0, 0.1) is 0 Å². The summed E-state index contributed by atoms with van der Waals surface area (Å²) in [5.74, 6) is 0.0821. The van der Waals surface area contributed by atoms with Gasteiger partial charge in [-0.1, -0.05) is 12.1 Å². The van der Waals surface area contributed by atoms with Crippen molar-refractivity contribution in [3.05, 3.63) is 59.9 Å². The molecule has 0 spiro atoms. The molecule has 0 unspecified atom stereocenters. The minimum absolute atomic E-state index is 0.0821. The van der Waals surface area contributed by atoms with Gasteiger partial charge in [0.15, 0.2) is 0 Å². The van der Waals surface area contributed by atoms with Crippen molar-refractivity contribution in [1.82, 2.24) is 9.71 Å². The van der Waals surface area contributed by atoms with Crippen molar-refractivity contribution in [2.75, 3.05) is 18.0 Å². The fourth-order valence-electron chi connectivity index (χ4n) is 1.91. The smallest absolute Gasteiger partial charge is 0.211 e. The molecular formula is C15H19N3O2S. The molecule has 3 N–H and O–H groups in total. The Bertz CT molecular complexity index is 655. The van der Waals surface area contributed by atoms with Gasteiger partial charge in [-0.25, -0.2) is 13.1 Å². The number of hydrogen-bond donors (Lipinski definition) is 2. The van der Waals surface area contributed by atoms with Crippen molar-refractivity contribution in [3.63, 3.8) is 0 Å². The highest BCUT2D eigenvalue weighted by molar-refractivity contribution is 7.89. The van der Waals surface area contributed by atoms with E-state index >= 15 is 0 Å². The van der Waals surface area contributed by atoms with Gasteiger partial charge >= 0.3 is 0 Å². The van der Waals surface area contributed by atoms with Crippen molar-refractivity contribution in [3.8, 4) is 0 Å². The summed E-state index contributed by atoms with van der Waals surface area (Å²) in [5, 5.41) is 0. The fraction of sp³-hybridized carbons (Fsp3) is 0.267. The molecule has 2 rings (SSSR count). The maximum absolute atomic E-state index is 11.9. The van der Waals surface area contributed by atoms with Gasteiger partial charge in [0.2, 0.25) is 10.0 Å². The van der Waals surface area contributed by atoms with Crippen molar-refractivity contribution in [1.29, 1.82) is 0 Å². The minimum atomic E-state index is -3.25. The monoisotopic (exact) mass is 305 g/mol. The first kappa shape index (κ1) is 15.5. The average Bonchev–Trinajstić information content (AvgIpc) is 2.48. The lowest BCUT2D eigenvalue weighted by molar-refractivity contribution is 0.581. The molecule has 1 aromatic carbocycles. The van der Waals surface area contributed by atoms with E-state index in [1.807, 2.05) is 36.4 Å². The maximum Gasteiger partial charge on any atom is 0.211 e. The summed E-state index contributed by atoms with van der Waals surface area (Å²) in [6.07, 6.45) is 4.46. The van der Waals surface area contributed by atoms with Gasteiger partial charge in [0.25, 0.3) is 0 Å². The van der Waals surface area contributed by atoms with E-state index in [-0.39, 0.29) is 5.75 Å². The number of nitrogen functional groups attached to an aromatic ring is 1. The average molecular weight is 305 g/mol. The summed E-state index contributed by atoms with van der Waals surface area (Å²) in [4.78, 5) is 3.91. The first-order valence-corrected chi connectivity index (χ1v) is 8.41. The number of hydrogen-bond acceptors (Lipinski definition) is 4. The molecule has 0 aliphatic carbocycles. The molecule has 1 aromatic heterocycles. The van der Waals surface area contributed by atoms with Crippen LogP contribution < -0.4 is 10.5 Å². The Kier molecular flexibility index (Phi) is 5.30. The first-order valence-electron chi connectivity index (χ1n) is 6.76. The molecule has 0 aliphatic rings. The number of aryl methyl sites for hydroxylation is 1. The zero-order valence-electron chi connectivity index (χ0n) is 11.7. The van der Waals surface area contributed by atoms with Crippen LogP contribution in [0.1, 0.15) is 11.1 Å². The quantitative estimate of drug-likeness (QED) is 0.757. The number of anilines is 1. The zero-order valence-corrected chi connectivity index (χ0v) is 12.5. The van der Waals surface area contributed by atoms with E-state index in [9.17, 15) is 8.42 Å². The van der Waals surface area contributed by atoms with Crippen LogP contribution in [-0.2, 0) is 22.9 Å². The van der Waals surface area contributed by atoms with Gasteiger partial charge in [-0.15, -0.1) is 0 Å². The van der Waals surface area contributed by atoms with Crippen LogP contribution in [0.25, 0.3) is 0 Å². The van der Waals surface area contributed by atoms with Gasteiger partial charge in [-0.2, -0.15) is 0 Å². The lowest BCUT2D eigenvalue weighted by Crippen LogP contribution is -2.29. The Morgan fingerprint density at radius 3 is 2.24 bits per heavy atom. The van der Waals surface area contributed by atoms with Gasteiger partial charge in [-0.05, 0) is 48.2 Å². The van der Waals surface area contributed by atoms with Gasteiger partial charge < -0.3 is 5.73 Å². The van der Waals surface area contributed by atoms with E-state index < -0.39 is 10.0 Å². The lowest BCUT2D eigenvalue weighted by atomic mass is 10.1. The number of nitrogens with two attached hydrogens (primary N) is 1. The molecule has 112 valence electrons. The summed E-state index contributed by atoms with van der Waals surface area (Å²) < 4.78 is 26.4. The molecule has 21 heavy (non-hydrogen) atoms. The molecule has 0 fully saturated rings. The van der Waals surface area contributed by atoms with Crippen LogP contribution >= 0.6 is 0 Å². The van der Waals surface area contributed by atoms with Crippen LogP contribution in [0.5, 0.6) is 0 Å². The second kappa shape index (κ2) is 7.19. The normalized spacial score (nSPS) is 11.4. The van der Waals surface area contributed by atoms with E-state index in [0.717, 1.165) is 11.1 Å². The Balaban J connectivity index is 1.77. The number of pyridine rings is 1. The SMILES string of the molecule is Nc1ccc(CCNS(=O)(=O)CCc2ccncc2)cc1. The van der Waals surface area contributed by atoms with E-state index in [1.165, 1.54) is 0 Å². The highest BCUT2D eigenvalue weighted by atomic mass is 32.2. The highest BCUT2D eigenvalue weighted by Crippen LogP contribution is 2.06. The molecular weight excluding hydrogens is 286 g/mol. The predicted octanol–water partition coefficient (Wildman–Crippen LogP) is 1.37. The lowest BCUT2D eigenvalue weighted by Gasteiger charge is -2.07. The van der Waals surface area contributed by atoms with Crippen LogP contribution in [-0.4, -0.2) is 25.7 Å². The molecule has 0 saturated heterocycles. The Morgan fingerprint density at radius 2 is 1.57 bits per heavy atom.